The topological polar surface area (TPSA) is 36.4 Å². The SMILES string of the molecule is CCCN1CCC(O)(Cc2ccncc2)CC1. The normalized spacial score (nSPS) is 20.4. The van der Waals surface area contributed by atoms with Crippen LogP contribution in [-0.2, 0) is 6.42 Å². The van der Waals surface area contributed by atoms with Crippen LogP contribution in [0.4, 0.5) is 0 Å². The van der Waals surface area contributed by atoms with Crippen LogP contribution in [0.3, 0.4) is 0 Å². The third-order valence-corrected chi connectivity index (χ3v) is 3.61. The van der Waals surface area contributed by atoms with E-state index in [2.05, 4.69) is 16.8 Å². The molecule has 0 amide bonds. The van der Waals surface area contributed by atoms with Crippen molar-refractivity contribution >= 4 is 0 Å². The van der Waals surface area contributed by atoms with Crippen LogP contribution >= 0.6 is 0 Å². The summed E-state index contributed by atoms with van der Waals surface area (Å²) in [4.78, 5) is 6.45. The van der Waals surface area contributed by atoms with Crippen LogP contribution in [-0.4, -0.2) is 40.2 Å². The van der Waals surface area contributed by atoms with E-state index in [9.17, 15) is 5.11 Å². The molecule has 1 aliphatic rings. The van der Waals surface area contributed by atoms with Crippen molar-refractivity contribution in [2.45, 2.75) is 38.2 Å². The Kier molecular flexibility index (Phi) is 4.13. The molecule has 3 nitrogen and oxygen atoms in total. The highest BCUT2D eigenvalue weighted by molar-refractivity contribution is 5.13. The molecule has 0 atom stereocenters. The molecule has 17 heavy (non-hydrogen) atoms. The van der Waals surface area contributed by atoms with Gasteiger partial charge in [-0.25, -0.2) is 0 Å². The molecular weight excluding hydrogens is 212 g/mol. The van der Waals surface area contributed by atoms with E-state index in [1.165, 1.54) is 12.0 Å². The lowest BCUT2D eigenvalue weighted by Crippen LogP contribution is -2.45. The Labute approximate surface area is 103 Å². The maximum Gasteiger partial charge on any atom is 0.0712 e. The summed E-state index contributed by atoms with van der Waals surface area (Å²) in [5.74, 6) is 0. The van der Waals surface area contributed by atoms with E-state index >= 15 is 0 Å². The number of aliphatic hydroxyl groups is 1. The quantitative estimate of drug-likeness (QED) is 0.864. The van der Waals surface area contributed by atoms with Crippen molar-refractivity contribution in [2.75, 3.05) is 19.6 Å². The predicted octanol–water partition coefficient (Wildman–Crippen LogP) is 1.86. The first-order chi connectivity index (χ1) is 8.22. The zero-order valence-electron chi connectivity index (χ0n) is 10.6. The van der Waals surface area contributed by atoms with Gasteiger partial charge in [0.25, 0.3) is 0 Å². The Morgan fingerprint density at radius 2 is 1.94 bits per heavy atom. The maximum absolute atomic E-state index is 10.6. The monoisotopic (exact) mass is 234 g/mol. The van der Waals surface area contributed by atoms with Crippen LogP contribution in [0.1, 0.15) is 31.7 Å². The Balaban J connectivity index is 1.89. The van der Waals surface area contributed by atoms with Crippen molar-refractivity contribution in [3.8, 4) is 0 Å². The smallest absolute Gasteiger partial charge is 0.0712 e. The fourth-order valence-electron chi connectivity index (χ4n) is 2.57. The fraction of sp³-hybridized carbons (Fsp3) is 0.643. The summed E-state index contributed by atoms with van der Waals surface area (Å²) in [5, 5.41) is 10.6. The molecule has 1 aromatic rings. The molecule has 2 rings (SSSR count). The summed E-state index contributed by atoms with van der Waals surface area (Å²) in [5.41, 5.74) is 0.678. The van der Waals surface area contributed by atoms with E-state index in [1.807, 2.05) is 12.1 Å². The van der Waals surface area contributed by atoms with Crippen molar-refractivity contribution in [2.24, 2.45) is 0 Å². The number of hydrogen-bond acceptors (Lipinski definition) is 3. The minimum absolute atomic E-state index is 0.508. The summed E-state index contributed by atoms with van der Waals surface area (Å²) in [6, 6.07) is 3.99. The molecule has 0 aliphatic carbocycles. The van der Waals surface area contributed by atoms with Crippen LogP contribution in [0, 0.1) is 0 Å². The molecule has 0 radical (unpaired) electrons. The van der Waals surface area contributed by atoms with Gasteiger partial charge in [0.2, 0.25) is 0 Å². The predicted molar refractivity (Wildman–Crippen MR) is 68.9 cm³/mol. The zero-order valence-corrected chi connectivity index (χ0v) is 10.6. The van der Waals surface area contributed by atoms with Crippen molar-refractivity contribution in [1.29, 1.82) is 0 Å². The molecule has 0 saturated carbocycles. The van der Waals surface area contributed by atoms with Crippen LogP contribution < -0.4 is 0 Å². The van der Waals surface area contributed by atoms with E-state index in [0.29, 0.717) is 0 Å². The Morgan fingerprint density at radius 3 is 2.53 bits per heavy atom. The molecule has 0 unspecified atom stereocenters. The van der Waals surface area contributed by atoms with Crippen molar-refractivity contribution < 1.29 is 5.11 Å². The summed E-state index contributed by atoms with van der Waals surface area (Å²) < 4.78 is 0. The highest BCUT2D eigenvalue weighted by Crippen LogP contribution is 2.26. The molecule has 0 aromatic carbocycles. The van der Waals surface area contributed by atoms with Gasteiger partial charge in [0.1, 0.15) is 0 Å². The van der Waals surface area contributed by atoms with Crippen LogP contribution in [0.15, 0.2) is 24.5 Å². The second-order valence-corrected chi connectivity index (χ2v) is 5.10. The second-order valence-electron chi connectivity index (χ2n) is 5.10. The van der Waals surface area contributed by atoms with E-state index < -0.39 is 5.60 Å². The molecule has 1 aromatic heterocycles. The summed E-state index contributed by atoms with van der Waals surface area (Å²) >= 11 is 0. The Morgan fingerprint density at radius 1 is 1.29 bits per heavy atom. The number of rotatable bonds is 4. The van der Waals surface area contributed by atoms with Gasteiger partial charge in [0, 0.05) is 31.9 Å². The Hall–Kier alpha value is -0.930. The molecule has 3 heteroatoms. The number of likely N-dealkylation sites (tertiary alicyclic amines) is 1. The van der Waals surface area contributed by atoms with Crippen molar-refractivity contribution in [3.63, 3.8) is 0 Å². The molecule has 1 N–H and O–H groups in total. The largest absolute Gasteiger partial charge is 0.389 e. The molecule has 0 spiro atoms. The van der Waals surface area contributed by atoms with E-state index in [-0.39, 0.29) is 0 Å². The molecule has 94 valence electrons. The van der Waals surface area contributed by atoms with Gasteiger partial charge in [-0.3, -0.25) is 4.98 Å². The van der Waals surface area contributed by atoms with E-state index in [1.54, 1.807) is 12.4 Å². The van der Waals surface area contributed by atoms with Gasteiger partial charge in [-0.2, -0.15) is 0 Å². The molecule has 1 fully saturated rings. The molecular formula is C14H22N2O. The van der Waals surface area contributed by atoms with Gasteiger partial charge in [-0.15, -0.1) is 0 Å². The van der Waals surface area contributed by atoms with E-state index in [0.717, 1.165) is 38.9 Å². The first kappa shape index (κ1) is 12.5. The van der Waals surface area contributed by atoms with Crippen LogP contribution in [0.5, 0.6) is 0 Å². The molecule has 1 aliphatic heterocycles. The lowest BCUT2D eigenvalue weighted by Gasteiger charge is -2.38. The summed E-state index contributed by atoms with van der Waals surface area (Å²) in [6.45, 7) is 5.41. The van der Waals surface area contributed by atoms with Crippen LogP contribution in [0.25, 0.3) is 0 Å². The number of pyridine rings is 1. The number of hydrogen-bond donors (Lipinski definition) is 1. The van der Waals surface area contributed by atoms with Gasteiger partial charge in [-0.1, -0.05) is 6.92 Å². The highest BCUT2D eigenvalue weighted by atomic mass is 16.3. The van der Waals surface area contributed by atoms with Gasteiger partial charge in [-0.05, 0) is 43.5 Å². The summed E-state index contributed by atoms with van der Waals surface area (Å²) in [6.07, 6.45) is 7.32. The molecule has 1 saturated heterocycles. The summed E-state index contributed by atoms with van der Waals surface area (Å²) in [7, 11) is 0. The Bertz CT molecular complexity index is 331. The zero-order chi connectivity index (χ0) is 12.1. The fourth-order valence-corrected chi connectivity index (χ4v) is 2.57. The third-order valence-electron chi connectivity index (χ3n) is 3.61. The van der Waals surface area contributed by atoms with E-state index in [4.69, 9.17) is 0 Å². The third kappa shape index (κ3) is 3.51. The van der Waals surface area contributed by atoms with Crippen molar-refractivity contribution in [3.05, 3.63) is 30.1 Å². The van der Waals surface area contributed by atoms with Crippen molar-refractivity contribution in [1.82, 2.24) is 9.88 Å². The van der Waals surface area contributed by atoms with Gasteiger partial charge >= 0.3 is 0 Å². The average Bonchev–Trinajstić information content (AvgIpc) is 2.34. The molecule has 2 heterocycles. The number of aromatic nitrogens is 1. The minimum Gasteiger partial charge on any atom is -0.389 e. The molecule has 0 bridgehead atoms. The second kappa shape index (κ2) is 5.61. The van der Waals surface area contributed by atoms with Gasteiger partial charge < -0.3 is 10.0 Å². The number of piperidine rings is 1. The van der Waals surface area contributed by atoms with Gasteiger partial charge in [0.05, 0.1) is 5.60 Å². The number of nitrogens with zero attached hydrogens (tertiary/aromatic N) is 2. The first-order valence-electron chi connectivity index (χ1n) is 6.55. The average molecular weight is 234 g/mol. The first-order valence-corrected chi connectivity index (χ1v) is 6.55. The lowest BCUT2D eigenvalue weighted by atomic mass is 9.85. The lowest BCUT2D eigenvalue weighted by molar-refractivity contribution is -0.0205. The van der Waals surface area contributed by atoms with Crippen LogP contribution in [0.2, 0.25) is 0 Å². The highest BCUT2D eigenvalue weighted by Gasteiger charge is 2.31. The maximum atomic E-state index is 10.6. The van der Waals surface area contributed by atoms with Gasteiger partial charge in [0.15, 0.2) is 0 Å². The minimum atomic E-state index is -0.508. The standard InChI is InChI=1S/C14H22N2O/c1-2-9-16-10-5-14(17,6-11-16)12-13-3-7-15-8-4-13/h3-4,7-8,17H,2,5-6,9-12H2,1H3.